The smallest absolute Gasteiger partial charge is 0.140 e. The Morgan fingerprint density at radius 1 is 1.29 bits per heavy atom. The number of pyridine rings is 1. The zero-order valence-electron chi connectivity index (χ0n) is 11.1. The van der Waals surface area contributed by atoms with Crippen LogP contribution in [0.1, 0.15) is 16.7 Å². The van der Waals surface area contributed by atoms with Gasteiger partial charge in [-0.15, -0.1) is 0 Å². The Balaban J connectivity index is 2.04. The maximum atomic E-state index is 9.43. The molecular weight excluding hydrogens is 286 g/mol. The molecule has 0 aliphatic carbocycles. The maximum absolute atomic E-state index is 9.43. The quantitative estimate of drug-likeness (QED) is 0.808. The summed E-state index contributed by atoms with van der Waals surface area (Å²) in [6, 6.07) is 11.1. The van der Waals surface area contributed by atoms with Gasteiger partial charge in [0.2, 0.25) is 0 Å². The summed E-state index contributed by atoms with van der Waals surface area (Å²) in [6.07, 6.45) is 3.60. The molecule has 0 atom stereocenters. The third kappa shape index (κ3) is 2.49. The van der Waals surface area contributed by atoms with Gasteiger partial charge in [0.15, 0.2) is 0 Å². The monoisotopic (exact) mass is 297 g/mol. The molecule has 3 rings (SSSR count). The van der Waals surface area contributed by atoms with Crippen molar-refractivity contribution in [1.29, 1.82) is 5.26 Å². The highest BCUT2D eigenvalue weighted by atomic mass is 35.5. The molecule has 0 aliphatic heterocycles. The number of fused-ring (bicyclic) bond motifs is 1. The molecule has 0 fully saturated rings. The summed E-state index contributed by atoms with van der Waals surface area (Å²) >= 11 is 6.22. The molecule has 0 saturated carbocycles. The number of rotatable bonds is 3. The topological polar surface area (TPSA) is 61.8 Å². The SMILES string of the molecule is N#Cc1ccc(Cn2cc(CO)c3cccnc32)c(Cl)c1. The van der Waals surface area contributed by atoms with Crippen molar-refractivity contribution in [3.05, 3.63) is 64.4 Å². The van der Waals surface area contributed by atoms with Gasteiger partial charge in [0.05, 0.1) is 24.8 Å². The average Bonchev–Trinajstić information content (AvgIpc) is 2.87. The predicted octanol–water partition coefficient (Wildman–Crippen LogP) is 3.10. The Bertz CT molecular complexity index is 848. The third-order valence-corrected chi connectivity index (χ3v) is 3.76. The lowest BCUT2D eigenvalue weighted by Crippen LogP contribution is -2.00. The Kier molecular flexibility index (Phi) is 3.61. The van der Waals surface area contributed by atoms with Crippen molar-refractivity contribution in [3.63, 3.8) is 0 Å². The molecule has 1 aromatic carbocycles. The fourth-order valence-corrected chi connectivity index (χ4v) is 2.61. The van der Waals surface area contributed by atoms with Crippen LogP contribution in [0.25, 0.3) is 11.0 Å². The summed E-state index contributed by atoms with van der Waals surface area (Å²) in [7, 11) is 0. The van der Waals surface area contributed by atoms with E-state index in [-0.39, 0.29) is 6.61 Å². The van der Waals surface area contributed by atoms with Crippen LogP contribution in [0.2, 0.25) is 5.02 Å². The number of aromatic nitrogens is 2. The highest BCUT2D eigenvalue weighted by molar-refractivity contribution is 6.31. The number of nitrogens with zero attached hydrogens (tertiary/aromatic N) is 3. The molecule has 0 radical (unpaired) electrons. The van der Waals surface area contributed by atoms with E-state index in [1.165, 1.54) is 0 Å². The van der Waals surface area contributed by atoms with Crippen LogP contribution in [-0.2, 0) is 13.2 Å². The first-order valence-electron chi connectivity index (χ1n) is 6.45. The number of nitriles is 1. The van der Waals surface area contributed by atoms with Crippen LogP contribution in [-0.4, -0.2) is 14.7 Å². The molecule has 0 saturated heterocycles. The second kappa shape index (κ2) is 5.57. The molecule has 0 bridgehead atoms. The van der Waals surface area contributed by atoms with Gasteiger partial charge in [-0.05, 0) is 29.8 Å². The first kappa shape index (κ1) is 13.6. The lowest BCUT2D eigenvalue weighted by Gasteiger charge is -2.07. The van der Waals surface area contributed by atoms with Crippen LogP contribution in [0.5, 0.6) is 0 Å². The zero-order valence-corrected chi connectivity index (χ0v) is 11.9. The van der Waals surface area contributed by atoms with E-state index in [1.807, 2.05) is 29.0 Å². The van der Waals surface area contributed by atoms with Crippen LogP contribution in [0.3, 0.4) is 0 Å². The number of benzene rings is 1. The van der Waals surface area contributed by atoms with Crippen molar-refractivity contribution in [3.8, 4) is 6.07 Å². The Hall–Kier alpha value is -2.35. The van der Waals surface area contributed by atoms with Gasteiger partial charge in [0, 0.05) is 28.4 Å². The van der Waals surface area contributed by atoms with Gasteiger partial charge in [0.25, 0.3) is 0 Å². The number of halogens is 1. The molecule has 5 heteroatoms. The van der Waals surface area contributed by atoms with Gasteiger partial charge in [-0.2, -0.15) is 5.26 Å². The fourth-order valence-electron chi connectivity index (χ4n) is 2.37. The molecule has 104 valence electrons. The third-order valence-electron chi connectivity index (χ3n) is 3.41. The molecule has 21 heavy (non-hydrogen) atoms. The van der Waals surface area contributed by atoms with Gasteiger partial charge in [-0.25, -0.2) is 4.98 Å². The van der Waals surface area contributed by atoms with Gasteiger partial charge in [0.1, 0.15) is 5.65 Å². The van der Waals surface area contributed by atoms with Crippen LogP contribution < -0.4 is 0 Å². The number of aliphatic hydroxyl groups excluding tert-OH is 1. The van der Waals surface area contributed by atoms with E-state index in [9.17, 15) is 5.11 Å². The molecule has 4 nitrogen and oxygen atoms in total. The van der Waals surface area contributed by atoms with E-state index in [1.54, 1.807) is 18.3 Å². The summed E-state index contributed by atoms with van der Waals surface area (Å²) in [5.41, 5.74) is 3.09. The number of aliphatic hydroxyl groups is 1. The predicted molar refractivity (Wildman–Crippen MR) is 80.9 cm³/mol. The molecular formula is C16H12ClN3O. The van der Waals surface area contributed by atoms with E-state index < -0.39 is 0 Å². The second-order valence-electron chi connectivity index (χ2n) is 4.73. The number of hydrogen-bond acceptors (Lipinski definition) is 3. The normalized spacial score (nSPS) is 10.7. The van der Waals surface area contributed by atoms with Gasteiger partial charge >= 0.3 is 0 Å². The van der Waals surface area contributed by atoms with Gasteiger partial charge < -0.3 is 9.67 Å². The average molecular weight is 298 g/mol. The van der Waals surface area contributed by atoms with E-state index >= 15 is 0 Å². The standard InChI is InChI=1S/C16H12ClN3O/c17-15-6-11(7-18)3-4-12(15)8-20-9-13(10-21)14-2-1-5-19-16(14)20/h1-6,9,21H,8,10H2. The summed E-state index contributed by atoms with van der Waals surface area (Å²) in [5.74, 6) is 0. The van der Waals surface area contributed by atoms with E-state index in [0.29, 0.717) is 17.1 Å². The Morgan fingerprint density at radius 2 is 2.14 bits per heavy atom. The second-order valence-corrected chi connectivity index (χ2v) is 5.14. The molecule has 0 aliphatic rings. The van der Waals surface area contributed by atoms with Gasteiger partial charge in [-0.3, -0.25) is 0 Å². The fraction of sp³-hybridized carbons (Fsp3) is 0.125. The van der Waals surface area contributed by atoms with Crippen LogP contribution in [0.15, 0.2) is 42.7 Å². The van der Waals surface area contributed by atoms with Gasteiger partial charge in [-0.1, -0.05) is 17.7 Å². The van der Waals surface area contributed by atoms with Crippen molar-refractivity contribution < 1.29 is 5.11 Å². The molecule has 0 amide bonds. The molecule has 3 aromatic rings. The minimum absolute atomic E-state index is 0.0315. The van der Waals surface area contributed by atoms with Crippen LogP contribution >= 0.6 is 11.6 Å². The molecule has 0 spiro atoms. The van der Waals surface area contributed by atoms with E-state index in [2.05, 4.69) is 11.1 Å². The van der Waals surface area contributed by atoms with E-state index in [0.717, 1.165) is 22.2 Å². The minimum Gasteiger partial charge on any atom is -0.392 e. The lowest BCUT2D eigenvalue weighted by atomic mass is 10.1. The zero-order chi connectivity index (χ0) is 14.8. The van der Waals surface area contributed by atoms with Crippen molar-refractivity contribution in [1.82, 2.24) is 9.55 Å². The summed E-state index contributed by atoms with van der Waals surface area (Å²) in [5, 5.41) is 19.8. The highest BCUT2D eigenvalue weighted by Crippen LogP contribution is 2.23. The molecule has 2 heterocycles. The van der Waals surface area contributed by atoms with Crippen molar-refractivity contribution in [2.75, 3.05) is 0 Å². The van der Waals surface area contributed by atoms with Crippen molar-refractivity contribution in [2.45, 2.75) is 13.2 Å². The maximum Gasteiger partial charge on any atom is 0.140 e. The summed E-state index contributed by atoms with van der Waals surface area (Å²) in [4.78, 5) is 4.37. The minimum atomic E-state index is -0.0315. The summed E-state index contributed by atoms with van der Waals surface area (Å²) in [6.45, 7) is 0.508. The van der Waals surface area contributed by atoms with Crippen molar-refractivity contribution >= 4 is 22.6 Å². The van der Waals surface area contributed by atoms with Crippen molar-refractivity contribution in [2.24, 2.45) is 0 Å². The Labute approximate surface area is 126 Å². The first-order chi connectivity index (χ1) is 10.2. The number of hydrogen-bond donors (Lipinski definition) is 1. The highest BCUT2D eigenvalue weighted by Gasteiger charge is 2.10. The van der Waals surface area contributed by atoms with Crippen LogP contribution in [0.4, 0.5) is 0 Å². The van der Waals surface area contributed by atoms with Crippen LogP contribution in [0, 0.1) is 11.3 Å². The molecule has 1 N–H and O–H groups in total. The van der Waals surface area contributed by atoms with E-state index in [4.69, 9.17) is 16.9 Å². The lowest BCUT2D eigenvalue weighted by molar-refractivity contribution is 0.283. The molecule has 2 aromatic heterocycles. The molecule has 0 unspecified atom stereocenters. The Morgan fingerprint density at radius 3 is 2.86 bits per heavy atom. The summed E-state index contributed by atoms with van der Waals surface area (Å²) < 4.78 is 1.95. The largest absolute Gasteiger partial charge is 0.392 e. The first-order valence-corrected chi connectivity index (χ1v) is 6.83.